The van der Waals surface area contributed by atoms with Crippen LogP contribution in [0.1, 0.15) is 48.9 Å². The predicted molar refractivity (Wildman–Crippen MR) is 144 cm³/mol. The zero-order valence-electron chi connectivity index (χ0n) is 22.0. The summed E-state index contributed by atoms with van der Waals surface area (Å²) in [5.41, 5.74) is 5.64. The number of esters is 1. The summed E-state index contributed by atoms with van der Waals surface area (Å²) in [5, 5.41) is 9.38. The molecule has 0 aliphatic heterocycles. The van der Waals surface area contributed by atoms with E-state index in [0.717, 1.165) is 33.4 Å². The third kappa shape index (κ3) is 6.79. The minimum absolute atomic E-state index is 0.101. The number of carboxylic acid groups (broad SMARTS) is 1. The van der Waals surface area contributed by atoms with E-state index < -0.39 is 24.2 Å². The lowest BCUT2D eigenvalue weighted by Crippen LogP contribution is -2.38. The minimum Gasteiger partial charge on any atom is -0.480 e. The Kier molecular flexibility index (Phi) is 8.15. The number of benzene rings is 3. The highest BCUT2D eigenvalue weighted by atomic mass is 16.6. The first kappa shape index (κ1) is 26.9. The Labute approximate surface area is 223 Å². The van der Waals surface area contributed by atoms with Gasteiger partial charge in [0.15, 0.2) is 0 Å². The van der Waals surface area contributed by atoms with Crippen LogP contribution in [0.3, 0.4) is 0 Å². The molecule has 0 radical (unpaired) electrons. The normalized spacial score (nSPS) is 12.4. The molecule has 0 fully saturated rings. The molecule has 1 aliphatic carbocycles. The Balaban J connectivity index is 1.36. The van der Waals surface area contributed by atoms with Crippen LogP contribution in [0, 0.1) is 0 Å². The van der Waals surface area contributed by atoms with Gasteiger partial charge >= 0.3 is 18.0 Å². The quantitative estimate of drug-likeness (QED) is 0.381. The molecule has 0 spiro atoms. The number of hydrogen-bond acceptors (Lipinski definition) is 5. The van der Waals surface area contributed by atoms with Crippen molar-refractivity contribution in [2.45, 2.75) is 45.1 Å². The summed E-state index contributed by atoms with van der Waals surface area (Å²) in [7, 11) is 0. The van der Waals surface area contributed by atoms with E-state index in [4.69, 9.17) is 9.47 Å². The molecule has 0 unspecified atom stereocenters. The monoisotopic (exact) mass is 515 g/mol. The number of aliphatic carboxylic acids is 1. The molecule has 0 aromatic heterocycles. The van der Waals surface area contributed by atoms with E-state index in [1.165, 1.54) is 4.90 Å². The van der Waals surface area contributed by atoms with Gasteiger partial charge in [-0.15, -0.1) is 0 Å². The molecule has 4 rings (SSSR count). The van der Waals surface area contributed by atoms with Crippen molar-refractivity contribution < 1.29 is 29.0 Å². The van der Waals surface area contributed by atoms with E-state index >= 15 is 0 Å². The number of carboxylic acids is 1. The number of carbonyl (C=O) groups excluding carboxylic acids is 2. The molecule has 7 heteroatoms. The third-order valence-electron chi connectivity index (χ3n) is 6.38. The van der Waals surface area contributed by atoms with Gasteiger partial charge in [-0.05, 0) is 60.6 Å². The summed E-state index contributed by atoms with van der Waals surface area (Å²) in [4.78, 5) is 37.7. The first-order chi connectivity index (χ1) is 18.1. The van der Waals surface area contributed by atoms with Crippen LogP contribution >= 0.6 is 0 Å². The van der Waals surface area contributed by atoms with E-state index in [-0.39, 0.29) is 31.5 Å². The molecule has 3 aromatic carbocycles. The predicted octanol–water partition coefficient (Wildman–Crippen LogP) is 5.45. The molecule has 0 heterocycles. The molecule has 1 aliphatic rings. The number of rotatable bonds is 9. The Morgan fingerprint density at radius 2 is 1.39 bits per heavy atom. The van der Waals surface area contributed by atoms with Crippen molar-refractivity contribution in [1.82, 2.24) is 4.90 Å². The second-order valence-electron chi connectivity index (χ2n) is 10.4. The number of carbonyl (C=O) groups is 3. The fourth-order valence-electron chi connectivity index (χ4n) is 4.72. The molecule has 198 valence electrons. The largest absolute Gasteiger partial charge is 0.480 e. The number of nitrogens with zero attached hydrogens (tertiary/aromatic N) is 1. The molecule has 0 atom stereocenters. The summed E-state index contributed by atoms with van der Waals surface area (Å²) < 4.78 is 11.0. The first-order valence-electron chi connectivity index (χ1n) is 12.7. The van der Waals surface area contributed by atoms with E-state index in [2.05, 4.69) is 12.1 Å². The second-order valence-corrected chi connectivity index (χ2v) is 10.4. The zero-order valence-corrected chi connectivity index (χ0v) is 22.0. The maximum atomic E-state index is 13.0. The maximum absolute atomic E-state index is 13.0. The summed E-state index contributed by atoms with van der Waals surface area (Å²) in [6, 6.07) is 23.5. The van der Waals surface area contributed by atoms with Crippen LogP contribution in [0.2, 0.25) is 0 Å². The lowest BCUT2D eigenvalue weighted by atomic mass is 9.98. The van der Waals surface area contributed by atoms with E-state index in [1.807, 2.05) is 81.4 Å². The smallest absolute Gasteiger partial charge is 0.410 e. The van der Waals surface area contributed by atoms with Gasteiger partial charge in [0.2, 0.25) is 0 Å². The molecule has 1 amide bonds. The lowest BCUT2D eigenvalue weighted by molar-refractivity contribution is -0.154. The van der Waals surface area contributed by atoms with Gasteiger partial charge in [0, 0.05) is 12.5 Å². The van der Waals surface area contributed by atoms with Gasteiger partial charge in [0.1, 0.15) is 18.8 Å². The Morgan fingerprint density at radius 3 is 1.95 bits per heavy atom. The molecule has 0 bridgehead atoms. The second kappa shape index (κ2) is 11.5. The molecular formula is C31H33NO6. The van der Waals surface area contributed by atoms with Crippen molar-refractivity contribution >= 4 is 18.0 Å². The van der Waals surface area contributed by atoms with Gasteiger partial charge in [0.05, 0.1) is 6.42 Å². The van der Waals surface area contributed by atoms with Crippen LogP contribution in [0.5, 0.6) is 0 Å². The average Bonchev–Trinajstić information content (AvgIpc) is 3.18. The number of fused-ring (bicyclic) bond motifs is 3. The van der Waals surface area contributed by atoms with E-state index in [9.17, 15) is 19.5 Å². The van der Waals surface area contributed by atoms with Crippen molar-refractivity contribution in [2.24, 2.45) is 0 Å². The Bertz CT molecular complexity index is 1260. The highest BCUT2D eigenvalue weighted by Crippen LogP contribution is 2.44. The molecular weight excluding hydrogens is 482 g/mol. The van der Waals surface area contributed by atoms with Gasteiger partial charge in [-0.2, -0.15) is 0 Å². The topological polar surface area (TPSA) is 93.1 Å². The standard InChI is InChI=1S/C31H33NO6/c1-31(2,3)38-29(35)18-22-14-12-21(13-15-22)16-17-32(19-28(33)34)30(36)37-20-27-25-10-6-4-8-23(25)24-9-5-7-11-26(24)27/h4-15,27H,16-20H2,1-3H3,(H,33,34). The summed E-state index contributed by atoms with van der Waals surface area (Å²) in [6.45, 7) is 5.35. The average molecular weight is 516 g/mol. The van der Waals surface area contributed by atoms with Crippen LogP contribution in [0.15, 0.2) is 72.8 Å². The molecule has 0 saturated heterocycles. The highest BCUT2D eigenvalue weighted by Gasteiger charge is 2.30. The van der Waals surface area contributed by atoms with Crippen LogP contribution in [-0.2, 0) is 31.9 Å². The summed E-state index contributed by atoms with van der Waals surface area (Å²) in [5.74, 6) is -1.50. The van der Waals surface area contributed by atoms with E-state index in [1.54, 1.807) is 0 Å². The van der Waals surface area contributed by atoms with E-state index in [0.29, 0.717) is 6.42 Å². The highest BCUT2D eigenvalue weighted by molar-refractivity contribution is 5.80. The van der Waals surface area contributed by atoms with Crippen molar-refractivity contribution in [3.8, 4) is 11.1 Å². The molecule has 7 nitrogen and oxygen atoms in total. The zero-order chi connectivity index (χ0) is 27.3. The fourth-order valence-corrected chi connectivity index (χ4v) is 4.72. The van der Waals surface area contributed by atoms with Crippen molar-refractivity contribution in [1.29, 1.82) is 0 Å². The molecule has 1 N–H and O–H groups in total. The Morgan fingerprint density at radius 1 is 0.842 bits per heavy atom. The van der Waals surface area contributed by atoms with Crippen molar-refractivity contribution in [3.63, 3.8) is 0 Å². The van der Waals surface area contributed by atoms with Crippen LogP contribution in [0.4, 0.5) is 4.79 Å². The first-order valence-corrected chi connectivity index (χ1v) is 12.7. The van der Waals surface area contributed by atoms with Gasteiger partial charge in [-0.25, -0.2) is 4.79 Å². The van der Waals surface area contributed by atoms with Gasteiger partial charge in [-0.3, -0.25) is 14.5 Å². The SMILES string of the molecule is CC(C)(C)OC(=O)Cc1ccc(CCN(CC(=O)O)C(=O)OCC2c3ccccc3-c3ccccc32)cc1. The van der Waals surface area contributed by atoms with Gasteiger partial charge in [-0.1, -0.05) is 72.8 Å². The maximum Gasteiger partial charge on any atom is 0.410 e. The van der Waals surface area contributed by atoms with Crippen LogP contribution in [-0.4, -0.2) is 53.3 Å². The third-order valence-corrected chi connectivity index (χ3v) is 6.38. The number of ether oxygens (including phenoxy) is 2. The Hall–Kier alpha value is -4.13. The summed E-state index contributed by atoms with van der Waals surface area (Å²) in [6.07, 6.45) is -0.0390. The molecule has 38 heavy (non-hydrogen) atoms. The fraction of sp³-hybridized carbons (Fsp3) is 0.323. The number of hydrogen-bond donors (Lipinski definition) is 1. The van der Waals surface area contributed by atoms with Crippen molar-refractivity contribution in [2.75, 3.05) is 19.7 Å². The van der Waals surface area contributed by atoms with Crippen LogP contribution in [0.25, 0.3) is 11.1 Å². The lowest BCUT2D eigenvalue weighted by Gasteiger charge is -2.22. The summed E-state index contributed by atoms with van der Waals surface area (Å²) >= 11 is 0. The molecule has 3 aromatic rings. The number of amides is 1. The van der Waals surface area contributed by atoms with Gasteiger partial charge in [0.25, 0.3) is 0 Å². The van der Waals surface area contributed by atoms with Crippen LogP contribution < -0.4 is 0 Å². The van der Waals surface area contributed by atoms with Crippen molar-refractivity contribution in [3.05, 3.63) is 95.1 Å². The van der Waals surface area contributed by atoms with Gasteiger partial charge < -0.3 is 14.6 Å². The molecule has 0 saturated carbocycles. The minimum atomic E-state index is -1.11.